The summed E-state index contributed by atoms with van der Waals surface area (Å²) in [4.78, 5) is 11.2. The van der Waals surface area contributed by atoms with E-state index in [9.17, 15) is 9.18 Å². The molecule has 0 radical (unpaired) electrons. The lowest BCUT2D eigenvalue weighted by atomic mass is 10.2. The van der Waals surface area contributed by atoms with Gasteiger partial charge in [0.05, 0.1) is 12.7 Å². The number of nitrogens with one attached hydrogen (secondary N) is 1. The number of amides is 1. The molecule has 0 aromatic rings. The van der Waals surface area contributed by atoms with Crippen molar-refractivity contribution >= 4 is 6.09 Å². The van der Waals surface area contributed by atoms with Crippen LogP contribution in [-0.4, -0.2) is 24.4 Å². The highest BCUT2D eigenvalue weighted by molar-refractivity contribution is 5.68. The third-order valence-corrected chi connectivity index (χ3v) is 1.29. The second-order valence-corrected chi connectivity index (χ2v) is 3.84. The van der Waals surface area contributed by atoms with E-state index in [-0.39, 0.29) is 6.42 Å². The number of alkyl halides is 1. The van der Waals surface area contributed by atoms with Gasteiger partial charge in [-0.25, -0.2) is 4.79 Å². The van der Waals surface area contributed by atoms with Crippen LogP contribution in [0.2, 0.25) is 0 Å². The summed E-state index contributed by atoms with van der Waals surface area (Å²) in [6.07, 6.45) is 4.57. The van der Waals surface area contributed by atoms with Gasteiger partial charge < -0.3 is 10.1 Å². The molecule has 0 heterocycles. The van der Waals surface area contributed by atoms with E-state index in [1.165, 1.54) is 0 Å². The second kappa shape index (κ2) is 5.48. The Balaban J connectivity index is 3.99. The van der Waals surface area contributed by atoms with Gasteiger partial charge in [0, 0.05) is 6.42 Å². The molecule has 0 aliphatic heterocycles. The Morgan fingerprint density at radius 2 is 2.21 bits per heavy atom. The molecule has 0 bridgehead atoms. The van der Waals surface area contributed by atoms with Crippen molar-refractivity contribution in [2.24, 2.45) is 0 Å². The minimum Gasteiger partial charge on any atom is -0.444 e. The summed E-state index contributed by atoms with van der Waals surface area (Å²) in [6, 6.07) is -0.602. The highest BCUT2D eigenvalue weighted by Crippen LogP contribution is 2.07. The highest BCUT2D eigenvalue weighted by atomic mass is 19.1. The Labute approximate surface area is 84.0 Å². The maximum Gasteiger partial charge on any atom is 0.408 e. The molecule has 14 heavy (non-hydrogen) atoms. The molecule has 0 rings (SSSR count). The molecule has 0 aliphatic rings. The van der Waals surface area contributed by atoms with Crippen molar-refractivity contribution < 1.29 is 13.9 Å². The lowest BCUT2D eigenvalue weighted by molar-refractivity contribution is 0.0513. The Morgan fingerprint density at radius 3 is 2.57 bits per heavy atom. The van der Waals surface area contributed by atoms with E-state index < -0.39 is 24.4 Å². The maximum absolute atomic E-state index is 11.9. The van der Waals surface area contributed by atoms with Crippen molar-refractivity contribution in [2.45, 2.75) is 38.8 Å². The Bertz CT molecular complexity index is 227. The number of halogens is 1. The van der Waals surface area contributed by atoms with E-state index in [4.69, 9.17) is 11.2 Å². The molecular weight excluding hydrogens is 185 g/mol. The van der Waals surface area contributed by atoms with Crippen LogP contribution in [0.5, 0.6) is 0 Å². The number of terminal acetylenes is 1. The summed E-state index contributed by atoms with van der Waals surface area (Å²) in [5.41, 5.74) is -0.570. The predicted octanol–water partition coefficient (Wildman–Crippen LogP) is 1.87. The molecule has 0 aromatic heterocycles. The lowest BCUT2D eigenvalue weighted by Gasteiger charge is -2.21. The van der Waals surface area contributed by atoms with Crippen LogP contribution in [0.1, 0.15) is 27.2 Å². The third kappa shape index (κ3) is 6.30. The minimum absolute atomic E-state index is 0.107. The van der Waals surface area contributed by atoms with E-state index in [0.29, 0.717) is 0 Å². The van der Waals surface area contributed by atoms with Crippen molar-refractivity contribution in [3.8, 4) is 12.3 Å². The van der Waals surface area contributed by atoms with Gasteiger partial charge in [-0.15, -0.1) is 6.42 Å². The first-order chi connectivity index (χ1) is 6.39. The number of hydrogen-bond donors (Lipinski definition) is 1. The van der Waals surface area contributed by atoms with Crippen molar-refractivity contribution in [1.29, 1.82) is 0 Å². The molecule has 0 aliphatic carbocycles. The van der Waals surface area contributed by atoms with Gasteiger partial charge in [0.2, 0.25) is 0 Å². The quantitative estimate of drug-likeness (QED) is 0.708. The molecule has 4 heteroatoms. The van der Waals surface area contributed by atoms with E-state index in [1.807, 2.05) is 0 Å². The molecule has 1 unspecified atom stereocenters. The first kappa shape index (κ1) is 12.8. The zero-order valence-corrected chi connectivity index (χ0v) is 8.76. The van der Waals surface area contributed by atoms with Gasteiger partial charge in [0.15, 0.2) is 0 Å². The summed E-state index contributed by atoms with van der Waals surface area (Å²) in [5.74, 6) is 2.27. The normalized spacial score (nSPS) is 12.8. The first-order valence-corrected chi connectivity index (χ1v) is 4.40. The highest BCUT2D eigenvalue weighted by Gasteiger charge is 2.18. The van der Waals surface area contributed by atoms with Gasteiger partial charge in [-0.1, -0.05) is 5.92 Å². The van der Waals surface area contributed by atoms with Gasteiger partial charge in [-0.2, -0.15) is 0 Å². The maximum atomic E-state index is 11.9. The number of carbonyl (C=O) groups excluding carboxylic acids is 1. The first-order valence-electron chi connectivity index (χ1n) is 4.40. The topological polar surface area (TPSA) is 38.3 Å². The van der Waals surface area contributed by atoms with Gasteiger partial charge in [0.25, 0.3) is 0 Å². The monoisotopic (exact) mass is 201 g/mol. The van der Waals surface area contributed by atoms with Crippen LogP contribution < -0.4 is 5.32 Å². The fourth-order valence-corrected chi connectivity index (χ4v) is 0.756. The average molecular weight is 201 g/mol. The molecule has 0 saturated carbocycles. The van der Waals surface area contributed by atoms with Crippen molar-refractivity contribution in [3.05, 3.63) is 0 Å². The fourth-order valence-electron chi connectivity index (χ4n) is 0.756. The zero-order chi connectivity index (χ0) is 11.2. The van der Waals surface area contributed by atoms with Crippen LogP contribution in [0.25, 0.3) is 0 Å². The zero-order valence-electron chi connectivity index (χ0n) is 8.76. The Morgan fingerprint density at radius 1 is 1.64 bits per heavy atom. The van der Waals surface area contributed by atoms with Gasteiger partial charge in [-0.05, 0) is 20.8 Å². The summed E-state index contributed by atoms with van der Waals surface area (Å²) >= 11 is 0. The SMILES string of the molecule is C#CC(CCF)NC(=O)OC(C)(C)C. The van der Waals surface area contributed by atoms with Crippen LogP contribution in [0.4, 0.5) is 9.18 Å². The third-order valence-electron chi connectivity index (χ3n) is 1.29. The van der Waals surface area contributed by atoms with E-state index in [1.54, 1.807) is 20.8 Å². The van der Waals surface area contributed by atoms with Gasteiger partial charge in [-0.3, -0.25) is 4.39 Å². The van der Waals surface area contributed by atoms with Crippen LogP contribution in [0, 0.1) is 12.3 Å². The molecule has 80 valence electrons. The number of hydrogen-bond acceptors (Lipinski definition) is 2. The smallest absolute Gasteiger partial charge is 0.408 e. The van der Waals surface area contributed by atoms with Crippen LogP contribution in [-0.2, 0) is 4.74 Å². The standard InChI is InChI=1S/C10H16FNO2/c1-5-8(6-7-11)12-9(13)14-10(2,3)4/h1,8H,6-7H2,2-4H3,(H,12,13). The molecule has 0 spiro atoms. The van der Waals surface area contributed by atoms with Crippen molar-refractivity contribution in [1.82, 2.24) is 5.32 Å². The van der Waals surface area contributed by atoms with E-state index in [2.05, 4.69) is 11.2 Å². The van der Waals surface area contributed by atoms with E-state index >= 15 is 0 Å². The molecule has 1 amide bonds. The van der Waals surface area contributed by atoms with Crippen LogP contribution in [0.3, 0.4) is 0 Å². The van der Waals surface area contributed by atoms with Gasteiger partial charge >= 0.3 is 6.09 Å². The van der Waals surface area contributed by atoms with Gasteiger partial charge in [0.1, 0.15) is 5.60 Å². The molecule has 1 atom stereocenters. The molecule has 0 saturated heterocycles. The number of rotatable bonds is 3. The summed E-state index contributed by atoms with van der Waals surface area (Å²) < 4.78 is 16.9. The second-order valence-electron chi connectivity index (χ2n) is 3.84. The Kier molecular flexibility index (Phi) is 5.00. The minimum atomic E-state index is -0.617. The molecule has 0 aromatic carbocycles. The lowest BCUT2D eigenvalue weighted by Crippen LogP contribution is -2.38. The fraction of sp³-hybridized carbons (Fsp3) is 0.700. The molecule has 0 fully saturated rings. The number of alkyl carbamates (subject to hydrolysis) is 1. The number of carbonyl (C=O) groups is 1. The number of ether oxygens (including phenoxy) is 1. The van der Waals surface area contributed by atoms with E-state index in [0.717, 1.165) is 0 Å². The predicted molar refractivity (Wildman–Crippen MR) is 52.6 cm³/mol. The molecule has 1 N–H and O–H groups in total. The van der Waals surface area contributed by atoms with Crippen molar-refractivity contribution in [2.75, 3.05) is 6.67 Å². The summed E-state index contributed by atoms with van der Waals surface area (Å²) in [5, 5.41) is 2.39. The van der Waals surface area contributed by atoms with Crippen LogP contribution in [0.15, 0.2) is 0 Å². The summed E-state index contributed by atoms with van der Waals surface area (Å²) in [6.45, 7) is 4.66. The van der Waals surface area contributed by atoms with Crippen LogP contribution >= 0.6 is 0 Å². The largest absolute Gasteiger partial charge is 0.444 e. The van der Waals surface area contributed by atoms with Crippen molar-refractivity contribution in [3.63, 3.8) is 0 Å². The molecule has 3 nitrogen and oxygen atoms in total. The summed E-state index contributed by atoms with van der Waals surface area (Å²) in [7, 11) is 0. The average Bonchev–Trinajstić information content (AvgIpc) is 2.00. The Hall–Kier alpha value is -1.24. The molecular formula is C10H16FNO2.